The minimum Gasteiger partial charge on any atom is -0.467 e. The van der Waals surface area contributed by atoms with Crippen molar-refractivity contribution in [3.05, 3.63) is 30.0 Å². The van der Waals surface area contributed by atoms with E-state index in [-0.39, 0.29) is 6.04 Å². The molecule has 0 amide bonds. The third-order valence-corrected chi connectivity index (χ3v) is 1.78. The Bertz CT molecular complexity index is 394. The van der Waals surface area contributed by atoms with E-state index in [1.807, 2.05) is 0 Å². The van der Waals surface area contributed by atoms with Gasteiger partial charge in [-0.2, -0.15) is 4.80 Å². The fourth-order valence-corrected chi connectivity index (χ4v) is 1.15. The van der Waals surface area contributed by atoms with E-state index in [9.17, 15) is 0 Å². The zero-order chi connectivity index (χ0) is 9.97. The average molecular weight is 194 g/mol. The van der Waals surface area contributed by atoms with E-state index in [1.54, 1.807) is 25.4 Å². The molecule has 0 aliphatic rings. The van der Waals surface area contributed by atoms with E-state index in [1.165, 1.54) is 4.80 Å². The molecule has 74 valence electrons. The molecule has 0 saturated carbocycles. The molecule has 1 atom stereocenters. The van der Waals surface area contributed by atoms with Gasteiger partial charge in [0.1, 0.15) is 11.8 Å². The molecular formula is C7H10N6O. The number of aromatic nitrogens is 4. The van der Waals surface area contributed by atoms with E-state index >= 15 is 0 Å². The normalized spacial score (nSPS) is 13.0. The summed E-state index contributed by atoms with van der Waals surface area (Å²) >= 11 is 0. The molecule has 0 bridgehead atoms. The first-order valence-corrected chi connectivity index (χ1v) is 4.04. The highest BCUT2D eigenvalue weighted by Crippen LogP contribution is 2.16. The van der Waals surface area contributed by atoms with Gasteiger partial charge in [-0.3, -0.25) is 5.84 Å². The maximum absolute atomic E-state index is 5.38. The Labute approximate surface area is 79.9 Å². The van der Waals surface area contributed by atoms with Gasteiger partial charge in [-0.15, -0.1) is 10.2 Å². The Hall–Kier alpha value is -1.73. The number of hydrazine groups is 1. The van der Waals surface area contributed by atoms with Gasteiger partial charge in [-0.1, -0.05) is 0 Å². The highest BCUT2D eigenvalue weighted by molar-refractivity contribution is 5.12. The molecule has 0 radical (unpaired) electrons. The minimum atomic E-state index is -0.362. The summed E-state index contributed by atoms with van der Waals surface area (Å²) in [5.41, 5.74) is 2.56. The molecule has 2 aromatic rings. The zero-order valence-electron chi connectivity index (χ0n) is 7.58. The molecule has 0 aliphatic carbocycles. The van der Waals surface area contributed by atoms with Crippen LogP contribution in [-0.4, -0.2) is 20.2 Å². The van der Waals surface area contributed by atoms with Crippen molar-refractivity contribution in [2.75, 3.05) is 0 Å². The van der Waals surface area contributed by atoms with Crippen molar-refractivity contribution in [2.45, 2.75) is 6.04 Å². The third kappa shape index (κ3) is 1.50. The molecule has 0 aliphatic heterocycles. The molecule has 2 heterocycles. The van der Waals surface area contributed by atoms with E-state index in [4.69, 9.17) is 10.3 Å². The lowest BCUT2D eigenvalue weighted by Crippen LogP contribution is -2.29. The molecular weight excluding hydrogens is 184 g/mol. The van der Waals surface area contributed by atoms with Gasteiger partial charge in [0, 0.05) is 0 Å². The molecule has 2 rings (SSSR count). The van der Waals surface area contributed by atoms with Crippen LogP contribution in [-0.2, 0) is 7.05 Å². The largest absolute Gasteiger partial charge is 0.467 e. The summed E-state index contributed by atoms with van der Waals surface area (Å²) in [6.45, 7) is 0. The summed E-state index contributed by atoms with van der Waals surface area (Å²) in [4.78, 5) is 1.36. The number of nitrogens with one attached hydrogen (secondary N) is 1. The Balaban J connectivity index is 2.31. The zero-order valence-corrected chi connectivity index (χ0v) is 7.58. The molecule has 14 heavy (non-hydrogen) atoms. The molecule has 1 unspecified atom stereocenters. The maximum atomic E-state index is 5.38. The predicted octanol–water partition coefficient (Wildman–Crippen LogP) is -0.644. The van der Waals surface area contributed by atoms with Gasteiger partial charge < -0.3 is 4.42 Å². The molecule has 3 N–H and O–H groups in total. The lowest BCUT2D eigenvalue weighted by Gasteiger charge is -2.07. The van der Waals surface area contributed by atoms with E-state index < -0.39 is 0 Å². The molecule has 0 aromatic carbocycles. The Morgan fingerprint density at radius 2 is 2.50 bits per heavy atom. The molecule has 7 heteroatoms. The van der Waals surface area contributed by atoms with Crippen LogP contribution in [0.1, 0.15) is 17.6 Å². The second-order valence-corrected chi connectivity index (χ2v) is 2.75. The molecule has 0 fully saturated rings. The fourth-order valence-electron chi connectivity index (χ4n) is 1.15. The van der Waals surface area contributed by atoms with Gasteiger partial charge in [-0.05, 0) is 17.3 Å². The summed E-state index contributed by atoms with van der Waals surface area (Å²) in [7, 11) is 1.69. The number of furan rings is 1. The van der Waals surface area contributed by atoms with Gasteiger partial charge in [0.05, 0.1) is 13.3 Å². The van der Waals surface area contributed by atoms with Crippen LogP contribution in [0.15, 0.2) is 22.8 Å². The van der Waals surface area contributed by atoms with Gasteiger partial charge in [0.15, 0.2) is 0 Å². The standard InChI is InChI=1S/C7H10N6O/c1-13-11-7(10-12-13)6(9-8)5-3-2-4-14-5/h2-4,6,9H,8H2,1H3. The Kier molecular flexibility index (Phi) is 2.25. The first kappa shape index (κ1) is 8.85. The molecule has 0 saturated heterocycles. The number of hydrogen-bond donors (Lipinski definition) is 2. The molecule has 2 aromatic heterocycles. The minimum absolute atomic E-state index is 0.362. The van der Waals surface area contributed by atoms with Crippen molar-refractivity contribution in [2.24, 2.45) is 12.9 Å². The second kappa shape index (κ2) is 3.56. The Morgan fingerprint density at radius 3 is 3.00 bits per heavy atom. The number of aryl methyl sites for hydroxylation is 1. The maximum Gasteiger partial charge on any atom is 0.200 e. The van der Waals surface area contributed by atoms with Crippen LogP contribution in [0.4, 0.5) is 0 Å². The number of tetrazole rings is 1. The summed E-state index contributed by atoms with van der Waals surface area (Å²) in [6.07, 6.45) is 1.57. The van der Waals surface area contributed by atoms with Crippen LogP contribution in [0.25, 0.3) is 0 Å². The number of hydrogen-bond acceptors (Lipinski definition) is 6. The smallest absolute Gasteiger partial charge is 0.200 e. The Morgan fingerprint density at radius 1 is 1.64 bits per heavy atom. The summed E-state index contributed by atoms with van der Waals surface area (Å²) < 4.78 is 5.19. The number of nitrogens with two attached hydrogens (primary N) is 1. The summed E-state index contributed by atoms with van der Waals surface area (Å²) in [6, 6.07) is 3.20. The van der Waals surface area contributed by atoms with Crippen LogP contribution in [0.3, 0.4) is 0 Å². The van der Waals surface area contributed by atoms with Crippen molar-refractivity contribution in [1.82, 2.24) is 25.6 Å². The number of nitrogens with zero attached hydrogens (tertiary/aromatic N) is 4. The summed E-state index contributed by atoms with van der Waals surface area (Å²) in [5.74, 6) is 6.51. The molecule has 7 nitrogen and oxygen atoms in total. The number of rotatable bonds is 3. The van der Waals surface area contributed by atoms with Crippen molar-refractivity contribution >= 4 is 0 Å². The van der Waals surface area contributed by atoms with E-state index in [0.29, 0.717) is 11.6 Å². The first-order chi connectivity index (χ1) is 6.81. The van der Waals surface area contributed by atoms with Gasteiger partial charge >= 0.3 is 0 Å². The van der Waals surface area contributed by atoms with Gasteiger partial charge in [0.25, 0.3) is 0 Å². The highest BCUT2D eigenvalue weighted by atomic mass is 16.3. The first-order valence-electron chi connectivity index (χ1n) is 4.04. The van der Waals surface area contributed by atoms with Crippen molar-refractivity contribution in [3.8, 4) is 0 Å². The van der Waals surface area contributed by atoms with Crippen molar-refractivity contribution in [3.63, 3.8) is 0 Å². The third-order valence-electron chi connectivity index (χ3n) is 1.78. The quantitative estimate of drug-likeness (QED) is 0.498. The van der Waals surface area contributed by atoms with Crippen molar-refractivity contribution in [1.29, 1.82) is 0 Å². The lowest BCUT2D eigenvalue weighted by molar-refractivity contribution is 0.440. The highest BCUT2D eigenvalue weighted by Gasteiger charge is 2.19. The van der Waals surface area contributed by atoms with Crippen LogP contribution >= 0.6 is 0 Å². The van der Waals surface area contributed by atoms with Crippen LogP contribution < -0.4 is 11.3 Å². The van der Waals surface area contributed by atoms with Crippen LogP contribution in [0.2, 0.25) is 0 Å². The van der Waals surface area contributed by atoms with Crippen molar-refractivity contribution < 1.29 is 4.42 Å². The predicted molar refractivity (Wildman–Crippen MR) is 46.7 cm³/mol. The van der Waals surface area contributed by atoms with E-state index in [0.717, 1.165) is 0 Å². The van der Waals surface area contributed by atoms with Gasteiger partial charge in [0.2, 0.25) is 5.82 Å². The average Bonchev–Trinajstić information content (AvgIpc) is 2.79. The SMILES string of the molecule is Cn1nnc(C(NN)c2ccco2)n1. The van der Waals surface area contributed by atoms with E-state index in [2.05, 4.69) is 20.8 Å². The monoisotopic (exact) mass is 194 g/mol. The van der Waals surface area contributed by atoms with Gasteiger partial charge in [-0.25, -0.2) is 5.43 Å². The second-order valence-electron chi connectivity index (χ2n) is 2.75. The van der Waals surface area contributed by atoms with Crippen LogP contribution in [0.5, 0.6) is 0 Å². The van der Waals surface area contributed by atoms with Crippen LogP contribution in [0, 0.1) is 0 Å². The lowest BCUT2D eigenvalue weighted by atomic mass is 10.2. The molecule has 0 spiro atoms. The topological polar surface area (TPSA) is 94.8 Å². The fraction of sp³-hybridized carbons (Fsp3) is 0.286. The summed E-state index contributed by atoms with van der Waals surface area (Å²) in [5, 5.41) is 11.6.